The molecule has 0 aliphatic heterocycles. The topological polar surface area (TPSA) is 276 Å². The van der Waals surface area contributed by atoms with Gasteiger partial charge in [0.2, 0.25) is 0 Å². The van der Waals surface area contributed by atoms with Crippen LogP contribution >= 0.6 is 0 Å². The maximum atomic E-state index is 6.25. The highest BCUT2D eigenvalue weighted by molar-refractivity contribution is 5.79. The van der Waals surface area contributed by atoms with Crippen LogP contribution in [0.5, 0.6) is 11.5 Å². The maximum Gasteiger partial charge on any atom is 0.191 e. The predicted octanol–water partition coefficient (Wildman–Crippen LogP) is -0.595. The van der Waals surface area contributed by atoms with E-state index >= 15 is 0 Å². The minimum absolute atomic E-state index is 0. The molecule has 3 rings (SSSR count). The molecule has 1 saturated carbocycles. The van der Waals surface area contributed by atoms with Crippen LogP contribution in [0.25, 0.3) is 0 Å². The van der Waals surface area contributed by atoms with Gasteiger partial charge in [0.25, 0.3) is 0 Å². The molecular weight excluding hydrogens is 476 g/mol. The zero-order valence-electron chi connectivity index (χ0n) is 19.6. The van der Waals surface area contributed by atoms with Gasteiger partial charge in [-0.1, -0.05) is 7.43 Å². The Hall–Kier alpha value is -4.88. The Morgan fingerprint density at radius 2 is 0.892 bits per heavy atom. The number of ether oxygens (including phenoxy) is 2. The maximum absolute atomic E-state index is 6.25. The van der Waals surface area contributed by atoms with Gasteiger partial charge in [-0.2, -0.15) is 0 Å². The van der Waals surface area contributed by atoms with E-state index < -0.39 is 24.3 Å². The van der Waals surface area contributed by atoms with Crippen LogP contribution in [0.15, 0.2) is 68.5 Å². The van der Waals surface area contributed by atoms with Gasteiger partial charge in [-0.25, -0.2) is 20.0 Å². The van der Waals surface area contributed by atoms with Crippen molar-refractivity contribution in [2.45, 2.75) is 44.6 Å². The third-order valence-electron chi connectivity index (χ3n) is 5.20. The summed E-state index contributed by atoms with van der Waals surface area (Å²) in [5.41, 5.74) is 45.6. The van der Waals surface area contributed by atoms with E-state index in [1.807, 2.05) is 0 Å². The number of rotatable bonds is 8. The highest BCUT2D eigenvalue weighted by Gasteiger charge is 2.40. The second kappa shape index (κ2) is 12.7. The third-order valence-corrected chi connectivity index (χ3v) is 5.20. The summed E-state index contributed by atoms with van der Waals surface area (Å²) < 4.78 is 12.5. The molecule has 1 fully saturated rings. The number of hydrogen-bond donors (Lipinski definition) is 8. The van der Waals surface area contributed by atoms with Crippen LogP contribution < -0.4 is 55.3 Å². The molecular formula is C23H36N12O2. The number of aliphatic imine (C=N–C) groups is 4. The molecule has 0 saturated heterocycles. The first kappa shape index (κ1) is 28.4. The molecule has 4 atom stereocenters. The average molecular weight is 513 g/mol. The molecule has 2 aromatic carbocycles. The summed E-state index contributed by atoms with van der Waals surface area (Å²) >= 11 is 0. The van der Waals surface area contributed by atoms with Gasteiger partial charge in [0.1, 0.15) is 23.7 Å². The largest absolute Gasteiger partial charge is 0.488 e. The fraction of sp³-hybridized carbons (Fsp3) is 0.304. The second-order valence-electron chi connectivity index (χ2n) is 8.09. The van der Waals surface area contributed by atoms with Gasteiger partial charge in [0.05, 0.1) is 23.5 Å². The molecule has 0 heterocycles. The molecule has 2 aromatic rings. The lowest BCUT2D eigenvalue weighted by atomic mass is 9.86. The molecule has 0 aromatic heterocycles. The minimum Gasteiger partial charge on any atom is -0.488 e. The van der Waals surface area contributed by atoms with Crippen molar-refractivity contribution in [1.29, 1.82) is 0 Å². The smallest absolute Gasteiger partial charge is 0.191 e. The molecule has 0 unspecified atom stereocenters. The first-order chi connectivity index (χ1) is 17.1. The number of nitrogens with zero attached hydrogens (tertiary/aromatic N) is 4. The summed E-state index contributed by atoms with van der Waals surface area (Å²) in [5.74, 6) is 0.920. The Morgan fingerprint density at radius 1 is 0.541 bits per heavy atom. The molecule has 14 nitrogen and oxygen atoms in total. The molecule has 0 radical (unpaired) electrons. The van der Waals surface area contributed by atoms with Crippen molar-refractivity contribution in [3.63, 3.8) is 0 Å². The molecule has 0 bridgehead atoms. The monoisotopic (exact) mass is 512 g/mol. The van der Waals surface area contributed by atoms with E-state index in [4.69, 9.17) is 55.3 Å². The molecule has 14 heteroatoms. The Balaban J connectivity index is 0.00000481. The molecule has 200 valence electrons. The first-order valence-corrected chi connectivity index (χ1v) is 11.0. The highest BCUT2D eigenvalue weighted by atomic mass is 16.5. The summed E-state index contributed by atoms with van der Waals surface area (Å²) in [6.45, 7) is 0. The summed E-state index contributed by atoms with van der Waals surface area (Å²) in [4.78, 5) is 16.7. The summed E-state index contributed by atoms with van der Waals surface area (Å²) in [5, 5.41) is 0. The van der Waals surface area contributed by atoms with Gasteiger partial charge < -0.3 is 55.3 Å². The lowest BCUT2D eigenvalue weighted by Gasteiger charge is -2.38. The van der Waals surface area contributed by atoms with Gasteiger partial charge in [-0.3, -0.25) is 0 Å². The lowest BCUT2D eigenvalue weighted by molar-refractivity contribution is 0.0417. The molecule has 37 heavy (non-hydrogen) atoms. The Kier molecular flexibility index (Phi) is 9.75. The zero-order valence-corrected chi connectivity index (χ0v) is 19.6. The summed E-state index contributed by atoms with van der Waals surface area (Å²) in [6.07, 6.45) is -0.132. The van der Waals surface area contributed by atoms with Crippen molar-refractivity contribution in [2.75, 3.05) is 0 Å². The van der Waals surface area contributed by atoms with Crippen molar-refractivity contribution in [3.8, 4) is 11.5 Å². The van der Waals surface area contributed by atoms with Crippen LogP contribution in [-0.4, -0.2) is 48.1 Å². The van der Waals surface area contributed by atoms with Crippen molar-refractivity contribution in [3.05, 3.63) is 48.5 Å². The van der Waals surface area contributed by atoms with Crippen LogP contribution in [0.2, 0.25) is 0 Å². The fourth-order valence-electron chi connectivity index (χ4n) is 3.85. The van der Waals surface area contributed by atoms with Gasteiger partial charge in [-0.15, -0.1) is 0 Å². The normalized spacial score (nSPS) is 20.3. The third kappa shape index (κ3) is 8.69. The van der Waals surface area contributed by atoms with Crippen molar-refractivity contribution in [1.82, 2.24) is 0 Å². The number of nitrogens with two attached hydrogens (primary N) is 8. The molecule has 1 aliphatic carbocycles. The fourth-order valence-corrected chi connectivity index (χ4v) is 3.85. The highest BCUT2D eigenvalue weighted by Crippen LogP contribution is 2.32. The van der Waals surface area contributed by atoms with Crippen LogP contribution in [0.1, 0.15) is 20.3 Å². The molecule has 0 spiro atoms. The van der Waals surface area contributed by atoms with Gasteiger partial charge >= 0.3 is 0 Å². The van der Waals surface area contributed by atoms with Crippen LogP contribution in [-0.2, 0) is 0 Å². The van der Waals surface area contributed by atoms with Crippen molar-refractivity contribution in [2.24, 2.45) is 65.8 Å². The quantitative estimate of drug-likeness (QED) is 0.164. The molecule has 1 aliphatic rings. The van der Waals surface area contributed by atoms with E-state index in [1.165, 1.54) is 0 Å². The lowest BCUT2D eigenvalue weighted by Crippen LogP contribution is -2.50. The van der Waals surface area contributed by atoms with E-state index in [0.717, 1.165) is 0 Å². The van der Waals surface area contributed by atoms with Crippen LogP contribution in [0, 0.1) is 0 Å². The Morgan fingerprint density at radius 3 is 1.19 bits per heavy atom. The minimum atomic E-state index is -0.447. The molecule has 16 N–H and O–H groups in total. The number of guanidine groups is 4. The van der Waals surface area contributed by atoms with Crippen molar-refractivity contribution < 1.29 is 9.47 Å². The number of hydrogen-bond acceptors (Lipinski definition) is 6. The van der Waals surface area contributed by atoms with Crippen molar-refractivity contribution >= 4 is 35.2 Å². The van der Waals surface area contributed by atoms with E-state index in [0.29, 0.717) is 35.7 Å². The first-order valence-electron chi connectivity index (χ1n) is 11.0. The second-order valence-corrected chi connectivity index (χ2v) is 8.09. The van der Waals surface area contributed by atoms with E-state index in [2.05, 4.69) is 20.0 Å². The Labute approximate surface area is 215 Å². The Bertz CT molecular complexity index is 1040. The number of benzene rings is 2. The van der Waals surface area contributed by atoms with E-state index in [9.17, 15) is 0 Å². The van der Waals surface area contributed by atoms with Gasteiger partial charge in [0, 0.05) is 6.42 Å². The SMILES string of the molecule is C.NC(N)=Nc1ccc(O[C@H]2C[C@@H](Oc3ccc(N=C(N)N)cc3)[C@H](N=C(N)N)C[C@@H]2N=C(N)N)cc1. The van der Waals surface area contributed by atoms with Gasteiger partial charge in [-0.05, 0) is 55.0 Å². The predicted molar refractivity (Wildman–Crippen MR) is 148 cm³/mol. The van der Waals surface area contributed by atoms with Crippen LogP contribution in [0.3, 0.4) is 0 Å². The van der Waals surface area contributed by atoms with E-state index in [1.54, 1.807) is 48.5 Å². The van der Waals surface area contributed by atoms with Gasteiger partial charge in [0.15, 0.2) is 23.8 Å². The summed E-state index contributed by atoms with van der Waals surface area (Å²) in [6, 6.07) is 13.0. The molecule has 0 amide bonds. The standard InChI is InChI=1S/C22H32N12O2.CH4/c23-19(24)31-11-1-5-13(6-2-11)35-17-10-18(16(34-22(29)30)9-15(17)33-21(27)28)36-14-7-3-12(4-8-14)32-20(25)26;/h1-8,15-18H,9-10H2,(H4,23,24,31)(H4,25,26,32)(H4,27,28,33)(H4,29,30,34);1H4/t15-,16+,17-,18+;. The van der Waals surface area contributed by atoms with Crippen LogP contribution in [0.4, 0.5) is 11.4 Å². The average Bonchev–Trinajstić information content (AvgIpc) is 2.77. The zero-order chi connectivity index (χ0) is 26.2. The summed E-state index contributed by atoms with van der Waals surface area (Å²) in [7, 11) is 0. The van der Waals surface area contributed by atoms with E-state index in [-0.39, 0.29) is 31.3 Å².